The van der Waals surface area contributed by atoms with E-state index in [0.717, 1.165) is 9.87 Å². The van der Waals surface area contributed by atoms with Gasteiger partial charge in [-0.05, 0) is 31.2 Å². The fraction of sp³-hybridized carbons (Fsp3) is 0.176. The van der Waals surface area contributed by atoms with E-state index in [1.807, 2.05) is 13.0 Å². The van der Waals surface area contributed by atoms with E-state index in [1.165, 1.54) is 19.2 Å². The van der Waals surface area contributed by atoms with Crippen molar-refractivity contribution in [3.05, 3.63) is 59.7 Å². The summed E-state index contributed by atoms with van der Waals surface area (Å²) < 4.78 is 25.9. The second-order valence-corrected chi connectivity index (χ2v) is 7.32. The van der Waals surface area contributed by atoms with Gasteiger partial charge in [0, 0.05) is 7.05 Å². The summed E-state index contributed by atoms with van der Waals surface area (Å²) in [4.78, 5) is 12.2. The molecule has 6 nitrogen and oxygen atoms in total. The molecule has 7 heteroatoms. The standard InChI is InChI=1S/C17H17N3O3S/c1-13-7-9-15(10-8-13)24(22,23)20(2)12-17(21)19-16-6-4-3-5-14(16)11-18/h3-10H,12H2,1-2H3,(H,19,21). The van der Waals surface area contributed by atoms with E-state index < -0.39 is 15.9 Å². The third-order valence-corrected chi connectivity index (χ3v) is 5.23. The number of carbonyl (C=O) groups is 1. The summed E-state index contributed by atoms with van der Waals surface area (Å²) in [5.41, 5.74) is 1.61. The highest BCUT2D eigenvalue weighted by Gasteiger charge is 2.23. The first-order chi connectivity index (χ1) is 11.3. The lowest BCUT2D eigenvalue weighted by atomic mass is 10.2. The Morgan fingerprint density at radius 2 is 1.79 bits per heavy atom. The van der Waals surface area contributed by atoms with E-state index in [2.05, 4.69) is 5.32 Å². The Hall–Kier alpha value is -2.69. The summed E-state index contributed by atoms with van der Waals surface area (Å²) in [5, 5.41) is 11.6. The molecule has 0 aliphatic heterocycles. The summed E-state index contributed by atoms with van der Waals surface area (Å²) in [6.45, 7) is 1.51. The Morgan fingerprint density at radius 1 is 1.17 bits per heavy atom. The van der Waals surface area contributed by atoms with Crippen LogP contribution >= 0.6 is 0 Å². The van der Waals surface area contributed by atoms with E-state index in [9.17, 15) is 13.2 Å². The molecule has 124 valence electrons. The number of sulfonamides is 1. The van der Waals surface area contributed by atoms with E-state index in [0.29, 0.717) is 11.3 Å². The third kappa shape index (κ3) is 3.98. The van der Waals surface area contributed by atoms with Crippen LogP contribution in [-0.4, -0.2) is 32.2 Å². The van der Waals surface area contributed by atoms with E-state index in [1.54, 1.807) is 36.4 Å². The Kier molecular flexibility index (Phi) is 5.34. The quantitative estimate of drug-likeness (QED) is 0.900. The van der Waals surface area contributed by atoms with Crippen LogP contribution in [0.5, 0.6) is 0 Å². The average molecular weight is 343 g/mol. The summed E-state index contributed by atoms with van der Waals surface area (Å²) in [6.07, 6.45) is 0. The molecule has 0 unspecified atom stereocenters. The van der Waals surface area contributed by atoms with Crippen LogP contribution < -0.4 is 5.32 Å². The van der Waals surface area contributed by atoms with Crippen molar-refractivity contribution < 1.29 is 13.2 Å². The van der Waals surface area contributed by atoms with Gasteiger partial charge in [0.15, 0.2) is 0 Å². The zero-order valence-corrected chi connectivity index (χ0v) is 14.2. The van der Waals surface area contributed by atoms with Gasteiger partial charge in [-0.1, -0.05) is 29.8 Å². The number of nitrogens with one attached hydrogen (secondary N) is 1. The zero-order valence-electron chi connectivity index (χ0n) is 13.4. The van der Waals surface area contributed by atoms with Gasteiger partial charge in [-0.25, -0.2) is 8.42 Å². The molecule has 0 atom stereocenters. The van der Waals surface area contributed by atoms with Crippen LogP contribution in [0.1, 0.15) is 11.1 Å². The van der Waals surface area contributed by atoms with Gasteiger partial charge in [0.25, 0.3) is 0 Å². The van der Waals surface area contributed by atoms with Crippen LogP contribution in [-0.2, 0) is 14.8 Å². The lowest BCUT2D eigenvalue weighted by Gasteiger charge is -2.17. The van der Waals surface area contributed by atoms with Crippen LogP contribution in [0, 0.1) is 18.3 Å². The monoisotopic (exact) mass is 343 g/mol. The number of nitrogens with zero attached hydrogens (tertiary/aromatic N) is 2. The van der Waals surface area contributed by atoms with Crippen molar-refractivity contribution in [3.63, 3.8) is 0 Å². The number of amides is 1. The first-order valence-electron chi connectivity index (χ1n) is 7.16. The number of anilines is 1. The second-order valence-electron chi connectivity index (χ2n) is 5.28. The molecule has 0 heterocycles. The van der Waals surface area contributed by atoms with E-state index in [-0.39, 0.29) is 11.4 Å². The molecule has 0 aromatic heterocycles. The smallest absolute Gasteiger partial charge is 0.243 e. The molecule has 24 heavy (non-hydrogen) atoms. The van der Waals surface area contributed by atoms with Crippen molar-refractivity contribution >= 4 is 21.6 Å². The summed E-state index contributed by atoms with van der Waals surface area (Å²) in [5.74, 6) is -0.518. The van der Waals surface area contributed by atoms with Crippen LogP contribution in [0.3, 0.4) is 0 Å². The van der Waals surface area contributed by atoms with Crippen molar-refractivity contribution in [2.75, 3.05) is 18.9 Å². The average Bonchev–Trinajstić information content (AvgIpc) is 2.55. The van der Waals surface area contributed by atoms with Crippen molar-refractivity contribution in [2.24, 2.45) is 0 Å². The Labute approximate surface area is 141 Å². The predicted octanol–water partition coefficient (Wildman–Crippen LogP) is 2.13. The first-order valence-corrected chi connectivity index (χ1v) is 8.60. The fourth-order valence-electron chi connectivity index (χ4n) is 2.06. The van der Waals surface area contributed by atoms with Crippen LogP contribution in [0.15, 0.2) is 53.4 Å². The molecule has 0 aliphatic rings. The molecule has 0 fully saturated rings. The molecule has 0 spiro atoms. The molecular weight excluding hydrogens is 326 g/mol. The molecule has 2 rings (SSSR count). The van der Waals surface area contributed by atoms with Crippen molar-refractivity contribution in [3.8, 4) is 6.07 Å². The highest BCUT2D eigenvalue weighted by atomic mass is 32.2. The Balaban J connectivity index is 2.11. The van der Waals surface area contributed by atoms with Crippen molar-refractivity contribution in [1.29, 1.82) is 5.26 Å². The van der Waals surface area contributed by atoms with E-state index in [4.69, 9.17) is 5.26 Å². The topological polar surface area (TPSA) is 90.3 Å². The van der Waals surface area contributed by atoms with Gasteiger partial charge in [0.1, 0.15) is 6.07 Å². The lowest BCUT2D eigenvalue weighted by Crippen LogP contribution is -2.35. The van der Waals surface area contributed by atoms with Gasteiger partial charge in [-0.2, -0.15) is 9.57 Å². The molecule has 2 aromatic rings. The van der Waals surface area contributed by atoms with Crippen molar-refractivity contribution in [1.82, 2.24) is 4.31 Å². The van der Waals surface area contributed by atoms with Gasteiger partial charge in [-0.15, -0.1) is 0 Å². The second kappa shape index (κ2) is 7.25. The van der Waals surface area contributed by atoms with Gasteiger partial charge in [-0.3, -0.25) is 4.79 Å². The summed E-state index contributed by atoms with van der Waals surface area (Å²) in [7, 11) is -2.41. The number of hydrogen-bond donors (Lipinski definition) is 1. The van der Waals surface area contributed by atoms with Gasteiger partial charge >= 0.3 is 0 Å². The molecule has 0 aliphatic carbocycles. The molecule has 0 saturated carbocycles. The van der Waals surface area contributed by atoms with Gasteiger partial charge in [0.05, 0.1) is 22.7 Å². The van der Waals surface area contributed by atoms with Crippen LogP contribution in [0.2, 0.25) is 0 Å². The normalized spacial score (nSPS) is 11.1. The molecule has 1 N–H and O–H groups in total. The summed E-state index contributed by atoms with van der Waals surface area (Å²) in [6, 6.07) is 14.9. The van der Waals surface area contributed by atoms with Gasteiger partial charge in [0.2, 0.25) is 15.9 Å². The number of hydrogen-bond acceptors (Lipinski definition) is 4. The minimum atomic E-state index is -3.75. The molecular formula is C17H17N3O3S. The Bertz CT molecular complexity index is 884. The largest absolute Gasteiger partial charge is 0.324 e. The Morgan fingerprint density at radius 3 is 2.42 bits per heavy atom. The third-order valence-electron chi connectivity index (χ3n) is 3.42. The first kappa shape index (κ1) is 17.7. The summed E-state index contributed by atoms with van der Waals surface area (Å²) >= 11 is 0. The number of aryl methyl sites for hydroxylation is 1. The minimum absolute atomic E-state index is 0.126. The molecule has 0 saturated heterocycles. The number of nitriles is 1. The number of para-hydroxylation sites is 1. The number of carbonyl (C=O) groups excluding carboxylic acids is 1. The van der Waals surface area contributed by atoms with Crippen LogP contribution in [0.25, 0.3) is 0 Å². The van der Waals surface area contributed by atoms with Crippen LogP contribution in [0.4, 0.5) is 5.69 Å². The highest BCUT2D eigenvalue weighted by molar-refractivity contribution is 7.89. The predicted molar refractivity (Wildman–Crippen MR) is 90.8 cm³/mol. The molecule has 1 amide bonds. The molecule has 0 bridgehead atoms. The lowest BCUT2D eigenvalue weighted by molar-refractivity contribution is -0.116. The maximum atomic E-state index is 12.4. The zero-order chi connectivity index (χ0) is 17.7. The SMILES string of the molecule is Cc1ccc(S(=O)(=O)N(C)CC(=O)Nc2ccccc2C#N)cc1. The van der Waals surface area contributed by atoms with Gasteiger partial charge < -0.3 is 5.32 Å². The highest BCUT2D eigenvalue weighted by Crippen LogP contribution is 2.16. The number of rotatable bonds is 5. The van der Waals surface area contributed by atoms with E-state index >= 15 is 0 Å². The maximum absolute atomic E-state index is 12.4. The number of likely N-dealkylation sites (N-methyl/N-ethyl adjacent to an activating group) is 1. The molecule has 0 radical (unpaired) electrons. The van der Waals surface area contributed by atoms with Crippen molar-refractivity contribution in [2.45, 2.75) is 11.8 Å². The maximum Gasteiger partial charge on any atom is 0.243 e. The molecule has 2 aromatic carbocycles. The number of benzene rings is 2. The minimum Gasteiger partial charge on any atom is -0.324 e. The fourth-order valence-corrected chi connectivity index (χ4v) is 3.18.